The third-order valence-electron chi connectivity index (χ3n) is 2.99. The van der Waals surface area contributed by atoms with Crippen LogP contribution < -0.4 is 0 Å². The average Bonchev–Trinajstić information content (AvgIpc) is 2.87. The lowest BCUT2D eigenvalue weighted by molar-refractivity contribution is 0.103. The monoisotopic (exact) mass is 242 g/mol. The SMILES string of the molecule is CCCn1cc(C(=O)c2ccccc2CC)cn1. The second-order valence-electron chi connectivity index (χ2n) is 4.33. The van der Waals surface area contributed by atoms with E-state index in [2.05, 4.69) is 18.9 Å². The normalized spacial score (nSPS) is 10.6. The lowest BCUT2D eigenvalue weighted by Gasteiger charge is -2.04. The first-order valence-electron chi connectivity index (χ1n) is 6.41. The highest BCUT2D eigenvalue weighted by molar-refractivity contribution is 6.09. The highest BCUT2D eigenvalue weighted by Crippen LogP contribution is 2.15. The fraction of sp³-hybridized carbons (Fsp3) is 0.333. The Hall–Kier alpha value is -1.90. The number of hydrogen-bond donors (Lipinski definition) is 0. The van der Waals surface area contributed by atoms with E-state index in [0.29, 0.717) is 5.56 Å². The van der Waals surface area contributed by atoms with Gasteiger partial charge in [0.2, 0.25) is 0 Å². The summed E-state index contributed by atoms with van der Waals surface area (Å²) in [6, 6.07) is 7.76. The molecule has 0 N–H and O–H groups in total. The third kappa shape index (κ3) is 2.50. The number of carbonyl (C=O) groups is 1. The van der Waals surface area contributed by atoms with Crippen LogP contribution in [0.25, 0.3) is 0 Å². The van der Waals surface area contributed by atoms with Crippen molar-refractivity contribution in [2.75, 3.05) is 0 Å². The number of hydrogen-bond acceptors (Lipinski definition) is 2. The molecule has 1 aromatic heterocycles. The summed E-state index contributed by atoms with van der Waals surface area (Å²) >= 11 is 0. The highest BCUT2D eigenvalue weighted by atomic mass is 16.1. The zero-order valence-electron chi connectivity index (χ0n) is 10.9. The van der Waals surface area contributed by atoms with Gasteiger partial charge in [0, 0.05) is 18.3 Å². The van der Waals surface area contributed by atoms with Crippen molar-refractivity contribution in [1.82, 2.24) is 9.78 Å². The number of aromatic nitrogens is 2. The minimum atomic E-state index is 0.0646. The Morgan fingerprint density at radius 2 is 2.06 bits per heavy atom. The average molecular weight is 242 g/mol. The number of ketones is 1. The smallest absolute Gasteiger partial charge is 0.196 e. The summed E-state index contributed by atoms with van der Waals surface area (Å²) in [6.45, 7) is 5.00. The van der Waals surface area contributed by atoms with E-state index in [0.717, 1.165) is 30.5 Å². The second kappa shape index (κ2) is 5.63. The van der Waals surface area contributed by atoms with E-state index in [4.69, 9.17) is 0 Å². The van der Waals surface area contributed by atoms with Crippen molar-refractivity contribution in [2.24, 2.45) is 0 Å². The quantitative estimate of drug-likeness (QED) is 0.755. The Balaban J connectivity index is 2.29. The van der Waals surface area contributed by atoms with Crippen LogP contribution in [-0.2, 0) is 13.0 Å². The molecule has 0 radical (unpaired) electrons. The molecule has 1 heterocycles. The van der Waals surface area contributed by atoms with Gasteiger partial charge in [-0.05, 0) is 18.4 Å². The van der Waals surface area contributed by atoms with Crippen molar-refractivity contribution in [1.29, 1.82) is 0 Å². The zero-order chi connectivity index (χ0) is 13.0. The van der Waals surface area contributed by atoms with E-state index in [1.807, 2.05) is 35.1 Å². The first kappa shape index (κ1) is 12.6. The summed E-state index contributed by atoms with van der Waals surface area (Å²) in [5.41, 5.74) is 2.55. The van der Waals surface area contributed by atoms with Crippen LogP contribution in [0.1, 0.15) is 41.8 Å². The first-order chi connectivity index (χ1) is 8.76. The fourth-order valence-electron chi connectivity index (χ4n) is 2.04. The standard InChI is InChI=1S/C15H18N2O/c1-3-9-17-11-13(10-16-17)15(18)14-8-6-5-7-12(14)4-2/h5-8,10-11H,3-4,9H2,1-2H3. The molecule has 2 rings (SSSR count). The van der Waals surface area contributed by atoms with Gasteiger partial charge in [0.15, 0.2) is 5.78 Å². The molecule has 94 valence electrons. The number of nitrogens with zero attached hydrogens (tertiary/aromatic N) is 2. The fourth-order valence-corrected chi connectivity index (χ4v) is 2.04. The van der Waals surface area contributed by atoms with Crippen LogP contribution in [0, 0.1) is 0 Å². The van der Waals surface area contributed by atoms with Gasteiger partial charge < -0.3 is 0 Å². The maximum atomic E-state index is 12.4. The molecule has 0 unspecified atom stereocenters. The molecule has 0 saturated carbocycles. The van der Waals surface area contributed by atoms with Crippen LogP contribution in [0.3, 0.4) is 0 Å². The van der Waals surface area contributed by atoms with Gasteiger partial charge in [-0.15, -0.1) is 0 Å². The van der Waals surface area contributed by atoms with Gasteiger partial charge in [0.25, 0.3) is 0 Å². The molecule has 1 aromatic carbocycles. The Morgan fingerprint density at radius 3 is 2.78 bits per heavy atom. The van der Waals surface area contributed by atoms with E-state index in [-0.39, 0.29) is 5.78 Å². The molecule has 2 aromatic rings. The molecule has 0 saturated heterocycles. The van der Waals surface area contributed by atoms with Crippen molar-refractivity contribution in [3.05, 3.63) is 53.3 Å². The van der Waals surface area contributed by atoms with Crippen LogP contribution in [0.15, 0.2) is 36.7 Å². The third-order valence-corrected chi connectivity index (χ3v) is 2.99. The number of rotatable bonds is 5. The molecule has 0 bridgehead atoms. The minimum Gasteiger partial charge on any atom is -0.288 e. The predicted molar refractivity (Wildman–Crippen MR) is 71.8 cm³/mol. The Labute approximate surface area is 107 Å². The lowest BCUT2D eigenvalue weighted by Crippen LogP contribution is -2.04. The van der Waals surface area contributed by atoms with E-state index in [1.54, 1.807) is 6.20 Å². The van der Waals surface area contributed by atoms with Crippen LogP contribution in [-0.4, -0.2) is 15.6 Å². The predicted octanol–water partition coefficient (Wildman–Crippen LogP) is 3.09. The van der Waals surface area contributed by atoms with Gasteiger partial charge in [-0.1, -0.05) is 38.1 Å². The molecule has 0 aliphatic rings. The first-order valence-corrected chi connectivity index (χ1v) is 6.41. The van der Waals surface area contributed by atoms with Gasteiger partial charge in [-0.2, -0.15) is 5.10 Å². The van der Waals surface area contributed by atoms with Crippen LogP contribution in [0.4, 0.5) is 0 Å². The lowest BCUT2D eigenvalue weighted by atomic mass is 9.99. The number of benzene rings is 1. The molecule has 0 fully saturated rings. The van der Waals surface area contributed by atoms with E-state index in [9.17, 15) is 4.79 Å². The molecule has 3 nitrogen and oxygen atoms in total. The Bertz CT molecular complexity index is 543. The van der Waals surface area contributed by atoms with E-state index in [1.165, 1.54) is 0 Å². The van der Waals surface area contributed by atoms with Crippen LogP contribution in [0.2, 0.25) is 0 Å². The maximum absolute atomic E-state index is 12.4. The van der Waals surface area contributed by atoms with Gasteiger partial charge in [0.1, 0.15) is 0 Å². The molecule has 3 heteroatoms. The summed E-state index contributed by atoms with van der Waals surface area (Å²) in [7, 11) is 0. The molecule has 0 spiro atoms. The molecular weight excluding hydrogens is 224 g/mol. The highest BCUT2D eigenvalue weighted by Gasteiger charge is 2.13. The van der Waals surface area contributed by atoms with Crippen molar-refractivity contribution in [2.45, 2.75) is 33.2 Å². The Morgan fingerprint density at radius 1 is 1.28 bits per heavy atom. The van der Waals surface area contributed by atoms with E-state index >= 15 is 0 Å². The van der Waals surface area contributed by atoms with Crippen LogP contribution in [0.5, 0.6) is 0 Å². The van der Waals surface area contributed by atoms with Gasteiger partial charge in [-0.3, -0.25) is 9.48 Å². The second-order valence-corrected chi connectivity index (χ2v) is 4.33. The summed E-state index contributed by atoms with van der Waals surface area (Å²) < 4.78 is 1.82. The van der Waals surface area contributed by atoms with Crippen molar-refractivity contribution in [3.63, 3.8) is 0 Å². The minimum absolute atomic E-state index is 0.0646. The maximum Gasteiger partial charge on any atom is 0.196 e. The summed E-state index contributed by atoms with van der Waals surface area (Å²) in [5, 5.41) is 4.20. The van der Waals surface area contributed by atoms with Crippen LogP contribution >= 0.6 is 0 Å². The van der Waals surface area contributed by atoms with Crippen molar-refractivity contribution < 1.29 is 4.79 Å². The molecule has 0 aliphatic carbocycles. The molecule has 0 aliphatic heterocycles. The van der Waals surface area contributed by atoms with Gasteiger partial charge in [-0.25, -0.2) is 0 Å². The molecule has 0 amide bonds. The van der Waals surface area contributed by atoms with Gasteiger partial charge in [0.05, 0.1) is 11.8 Å². The van der Waals surface area contributed by atoms with Gasteiger partial charge >= 0.3 is 0 Å². The largest absolute Gasteiger partial charge is 0.288 e. The topological polar surface area (TPSA) is 34.9 Å². The number of aryl methyl sites for hydroxylation is 2. The molecular formula is C15H18N2O. The zero-order valence-corrected chi connectivity index (χ0v) is 10.9. The molecule has 0 atom stereocenters. The molecule has 18 heavy (non-hydrogen) atoms. The summed E-state index contributed by atoms with van der Waals surface area (Å²) in [5.74, 6) is 0.0646. The Kier molecular flexibility index (Phi) is 3.92. The van der Waals surface area contributed by atoms with Crippen molar-refractivity contribution >= 4 is 5.78 Å². The van der Waals surface area contributed by atoms with Crippen molar-refractivity contribution in [3.8, 4) is 0 Å². The summed E-state index contributed by atoms with van der Waals surface area (Å²) in [4.78, 5) is 12.4. The van der Waals surface area contributed by atoms with E-state index < -0.39 is 0 Å². The summed E-state index contributed by atoms with van der Waals surface area (Å²) in [6.07, 6.45) is 5.37. The number of carbonyl (C=O) groups excluding carboxylic acids is 1.